The molecule has 160 valence electrons. The first-order valence-corrected chi connectivity index (χ1v) is 10.4. The van der Waals surface area contributed by atoms with Gasteiger partial charge in [-0.15, -0.1) is 0 Å². The number of nitriles is 1. The largest absolute Gasteiger partial charge is 0.479 e. The maximum Gasteiger partial charge on any atom is 0.266 e. The average Bonchev–Trinajstić information content (AvgIpc) is 3.18. The van der Waals surface area contributed by atoms with E-state index in [1.807, 2.05) is 43.3 Å². The van der Waals surface area contributed by atoms with Crippen LogP contribution >= 0.6 is 23.2 Å². The fourth-order valence-electron chi connectivity index (χ4n) is 3.20. The molecule has 0 fully saturated rings. The van der Waals surface area contributed by atoms with Gasteiger partial charge in [-0.3, -0.25) is 4.79 Å². The van der Waals surface area contributed by atoms with Gasteiger partial charge in [0.05, 0.1) is 16.7 Å². The van der Waals surface area contributed by atoms with E-state index in [2.05, 4.69) is 15.4 Å². The number of ether oxygens (including phenoxy) is 1. The van der Waals surface area contributed by atoms with Crippen molar-refractivity contribution in [3.63, 3.8) is 0 Å². The number of halogens is 2. The molecule has 2 aromatic carbocycles. The number of hydrogen-bond acceptors (Lipinski definition) is 5. The number of para-hydroxylation sites is 1. The zero-order valence-corrected chi connectivity index (χ0v) is 18.6. The van der Waals surface area contributed by atoms with Gasteiger partial charge in [-0.05, 0) is 49.7 Å². The number of hydrogen-bond donors (Lipinski definition) is 1. The van der Waals surface area contributed by atoms with Gasteiger partial charge >= 0.3 is 0 Å². The average molecular weight is 466 g/mol. The molecule has 0 spiro atoms. The van der Waals surface area contributed by atoms with Crippen LogP contribution in [0.2, 0.25) is 10.0 Å². The van der Waals surface area contributed by atoms with Gasteiger partial charge in [-0.25, -0.2) is 4.98 Å². The quantitative estimate of drug-likeness (QED) is 0.430. The number of benzene rings is 2. The predicted octanol–water partition coefficient (Wildman–Crippen LogP) is 5.31. The van der Waals surface area contributed by atoms with Gasteiger partial charge in [-0.2, -0.15) is 15.0 Å². The summed E-state index contributed by atoms with van der Waals surface area (Å²) >= 11 is 12.0. The Labute approximate surface area is 194 Å². The van der Waals surface area contributed by atoms with E-state index in [9.17, 15) is 10.1 Å². The molecule has 32 heavy (non-hydrogen) atoms. The zero-order chi connectivity index (χ0) is 22.8. The van der Waals surface area contributed by atoms with Gasteiger partial charge in [0.1, 0.15) is 17.4 Å². The third kappa shape index (κ3) is 4.24. The molecule has 1 amide bonds. The number of pyridine rings is 1. The van der Waals surface area contributed by atoms with Crippen molar-refractivity contribution in [2.24, 2.45) is 0 Å². The van der Waals surface area contributed by atoms with Crippen molar-refractivity contribution in [3.8, 4) is 17.6 Å². The minimum Gasteiger partial charge on any atom is -0.479 e. The summed E-state index contributed by atoms with van der Waals surface area (Å²) in [5.74, 6) is 0.524. The molecular weight excluding hydrogens is 449 g/mol. The smallest absolute Gasteiger partial charge is 0.266 e. The molecule has 0 saturated carbocycles. The second kappa shape index (κ2) is 8.87. The molecule has 1 N–H and O–H groups in total. The molecule has 0 aliphatic heterocycles. The highest BCUT2D eigenvalue weighted by Crippen LogP contribution is 2.29. The van der Waals surface area contributed by atoms with Gasteiger partial charge < -0.3 is 10.1 Å². The van der Waals surface area contributed by atoms with Gasteiger partial charge in [0.2, 0.25) is 0 Å². The van der Waals surface area contributed by atoms with E-state index in [1.165, 1.54) is 16.9 Å². The van der Waals surface area contributed by atoms with Gasteiger partial charge in [0.15, 0.2) is 17.7 Å². The van der Waals surface area contributed by atoms with E-state index in [0.29, 0.717) is 16.6 Å². The van der Waals surface area contributed by atoms with Crippen LogP contribution in [-0.2, 0) is 4.79 Å². The molecule has 4 rings (SSSR count). The topological polar surface area (TPSA) is 92.8 Å². The second-order valence-corrected chi connectivity index (χ2v) is 7.91. The van der Waals surface area contributed by atoms with Crippen molar-refractivity contribution >= 4 is 45.8 Å². The van der Waals surface area contributed by atoms with Crippen molar-refractivity contribution in [2.45, 2.75) is 20.0 Å². The van der Waals surface area contributed by atoms with Crippen LogP contribution in [0.5, 0.6) is 5.75 Å². The van der Waals surface area contributed by atoms with Gasteiger partial charge in [0, 0.05) is 10.4 Å². The minimum absolute atomic E-state index is 0.197. The van der Waals surface area contributed by atoms with Crippen LogP contribution in [0.3, 0.4) is 0 Å². The molecule has 0 radical (unpaired) electrons. The number of aromatic nitrogens is 3. The molecule has 7 nitrogen and oxygen atoms in total. The summed E-state index contributed by atoms with van der Waals surface area (Å²) in [5, 5.41) is 18.3. The molecule has 0 aliphatic rings. The number of anilines is 1. The third-order valence-corrected chi connectivity index (χ3v) is 5.36. The highest BCUT2D eigenvalue weighted by Gasteiger charge is 2.22. The van der Waals surface area contributed by atoms with Crippen molar-refractivity contribution in [1.82, 2.24) is 14.8 Å². The normalized spacial score (nSPS) is 11.7. The molecule has 4 aromatic rings. The fourth-order valence-corrected chi connectivity index (χ4v) is 3.65. The highest BCUT2D eigenvalue weighted by atomic mass is 35.5. The van der Waals surface area contributed by atoms with Crippen LogP contribution in [0.4, 0.5) is 5.82 Å². The minimum atomic E-state index is -0.908. The Morgan fingerprint density at radius 3 is 2.75 bits per heavy atom. The van der Waals surface area contributed by atoms with Crippen LogP contribution in [0.1, 0.15) is 18.1 Å². The molecule has 9 heteroatoms. The van der Waals surface area contributed by atoms with E-state index in [4.69, 9.17) is 27.9 Å². The Morgan fingerprint density at radius 2 is 2.00 bits per heavy atom. The first-order valence-electron chi connectivity index (χ1n) is 9.65. The lowest BCUT2D eigenvalue weighted by molar-refractivity contribution is -0.122. The number of carbonyl (C=O) groups excluding carboxylic acids is 1. The number of rotatable bonds is 5. The molecule has 1 atom stereocenters. The molecular formula is C23H17Cl2N5O2. The lowest BCUT2D eigenvalue weighted by Crippen LogP contribution is -2.31. The second-order valence-electron chi connectivity index (χ2n) is 7.07. The summed E-state index contributed by atoms with van der Waals surface area (Å²) < 4.78 is 7.10. The summed E-state index contributed by atoms with van der Waals surface area (Å²) in [4.78, 5) is 17.5. The van der Waals surface area contributed by atoms with Crippen molar-refractivity contribution in [3.05, 3.63) is 75.9 Å². The summed E-state index contributed by atoms with van der Waals surface area (Å²) in [6.45, 7) is 3.54. The molecule has 0 aliphatic carbocycles. The predicted molar refractivity (Wildman–Crippen MR) is 123 cm³/mol. The maximum absolute atomic E-state index is 12.8. The number of nitrogens with one attached hydrogen (secondary N) is 1. The van der Waals surface area contributed by atoms with E-state index >= 15 is 0 Å². The van der Waals surface area contributed by atoms with Crippen LogP contribution in [0, 0.1) is 18.3 Å². The summed E-state index contributed by atoms with van der Waals surface area (Å²) in [5.41, 5.74) is 1.97. The number of fused-ring (bicyclic) bond motifs is 1. The summed E-state index contributed by atoms with van der Waals surface area (Å²) in [6, 6.07) is 16.3. The van der Waals surface area contributed by atoms with Gasteiger partial charge in [0.25, 0.3) is 5.91 Å². The number of carbonyl (C=O) groups is 1. The Balaban J connectivity index is 1.64. The molecule has 1 unspecified atom stereocenters. The summed E-state index contributed by atoms with van der Waals surface area (Å²) in [7, 11) is 0. The number of aryl methyl sites for hydroxylation is 1. The van der Waals surface area contributed by atoms with Crippen molar-refractivity contribution < 1.29 is 9.53 Å². The van der Waals surface area contributed by atoms with Crippen molar-refractivity contribution in [1.29, 1.82) is 5.26 Å². The molecule has 0 bridgehead atoms. The lowest BCUT2D eigenvalue weighted by Gasteiger charge is -2.16. The molecule has 0 saturated heterocycles. The van der Waals surface area contributed by atoms with Crippen molar-refractivity contribution in [2.75, 3.05) is 5.32 Å². The Kier molecular flexibility index (Phi) is 5.99. The monoisotopic (exact) mass is 465 g/mol. The fraction of sp³-hybridized carbons (Fsp3) is 0.130. The van der Waals surface area contributed by atoms with Crippen LogP contribution < -0.4 is 10.1 Å². The van der Waals surface area contributed by atoms with E-state index in [1.54, 1.807) is 19.1 Å². The molecule has 2 heterocycles. The molecule has 2 aromatic heterocycles. The highest BCUT2D eigenvalue weighted by molar-refractivity contribution is 6.35. The van der Waals surface area contributed by atoms with Crippen LogP contribution in [0.15, 0.2) is 54.7 Å². The van der Waals surface area contributed by atoms with Crippen LogP contribution in [-0.4, -0.2) is 26.8 Å². The first kappa shape index (κ1) is 21.6. The Hall–Kier alpha value is -3.60. The third-order valence-electron chi connectivity index (χ3n) is 4.82. The number of nitrogens with zero attached hydrogens (tertiary/aromatic N) is 4. The summed E-state index contributed by atoms with van der Waals surface area (Å²) in [6.07, 6.45) is 0.471. The first-order chi connectivity index (χ1) is 15.4. The SMILES string of the molecule is Cc1cc(-n2ncc(C#N)c2NC(=O)C(C)Oc2ccc(Cl)cc2Cl)nc2ccccc12. The lowest BCUT2D eigenvalue weighted by atomic mass is 10.1. The van der Waals surface area contributed by atoms with Crippen LogP contribution in [0.25, 0.3) is 16.7 Å². The van der Waals surface area contributed by atoms with E-state index < -0.39 is 12.0 Å². The standard InChI is InChI=1S/C23H17Cl2N5O2/c1-13-9-21(28-19-6-4-3-5-17(13)19)30-22(15(11-26)12-27-30)29-23(31)14(2)32-20-8-7-16(24)10-18(20)25/h3-10,12,14H,1-2H3,(H,29,31). The Bertz CT molecular complexity index is 1380. The Morgan fingerprint density at radius 1 is 1.22 bits per heavy atom. The van der Waals surface area contributed by atoms with E-state index in [0.717, 1.165) is 16.5 Å². The zero-order valence-electron chi connectivity index (χ0n) is 17.1. The number of amides is 1. The van der Waals surface area contributed by atoms with Gasteiger partial charge in [-0.1, -0.05) is 41.4 Å². The maximum atomic E-state index is 12.8. The van der Waals surface area contributed by atoms with E-state index in [-0.39, 0.29) is 16.4 Å².